The zero-order valence-electron chi connectivity index (χ0n) is 14.3. The van der Waals surface area contributed by atoms with E-state index in [1.54, 1.807) is 31.7 Å². The number of hydrogen-bond donors (Lipinski definition) is 1. The minimum absolute atomic E-state index is 0.128. The van der Waals surface area contributed by atoms with Crippen molar-refractivity contribution in [3.63, 3.8) is 0 Å². The molecule has 0 aliphatic heterocycles. The first-order chi connectivity index (χ1) is 12.5. The minimum atomic E-state index is -0.445. The fourth-order valence-corrected chi connectivity index (χ4v) is 2.96. The van der Waals surface area contributed by atoms with Crippen LogP contribution in [0.15, 0.2) is 40.5 Å². The Kier molecular flexibility index (Phi) is 4.99. The van der Waals surface area contributed by atoms with Gasteiger partial charge in [0.05, 0.1) is 19.9 Å². The van der Waals surface area contributed by atoms with Crippen LogP contribution in [0.4, 0.5) is 5.13 Å². The molecule has 0 saturated heterocycles. The number of carbonyl (C=O) groups excluding carboxylic acids is 1. The summed E-state index contributed by atoms with van der Waals surface area (Å²) in [6, 6.07) is 8.06. The second-order valence-electron chi connectivity index (χ2n) is 5.24. The molecule has 9 heteroatoms. The molecule has 0 saturated carbocycles. The van der Waals surface area contributed by atoms with Crippen molar-refractivity contribution in [3.05, 3.63) is 51.8 Å². The number of ether oxygens (including phenoxy) is 2. The molecule has 0 fully saturated rings. The van der Waals surface area contributed by atoms with Crippen LogP contribution in [0.1, 0.15) is 10.5 Å². The molecule has 0 atom stereocenters. The number of aryl methyl sites for hydroxylation is 1. The summed E-state index contributed by atoms with van der Waals surface area (Å²) < 4.78 is 11.7. The number of thiazole rings is 1. The number of carbonyl (C=O) groups is 1. The molecule has 0 aliphatic carbocycles. The van der Waals surface area contributed by atoms with E-state index in [0.717, 1.165) is 10.2 Å². The highest BCUT2D eigenvalue weighted by Gasteiger charge is 2.14. The average Bonchev–Trinajstić information content (AvgIpc) is 3.11. The summed E-state index contributed by atoms with van der Waals surface area (Å²) in [7, 11) is 4.64. The Morgan fingerprint density at radius 3 is 2.69 bits per heavy atom. The van der Waals surface area contributed by atoms with Gasteiger partial charge in [-0.25, -0.2) is 9.67 Å². The van der Waals surface area contributed by atoms with Gasteiger partial charge in [-0.1, -0.05) is 0 Å². The van der Waals surface area contributed by atoms with E-state index in [2.05, 4.69) is 15.4 Å². The van der Waals surface area contributed by atoms with Gasteiger partial charge in [0, 0.05) is 24.1 Å². The van der Waals surface area contributed by atoms with Crippen LogP contribution in [0.3, 0.4) is 0 Å². The lowest BCUT2D eigenvalue weighted by atomic mass is 10.1. The van der Waals surface area contributed by atoms with Crippen LogP contribution >= 0.6 is 11.3 Å². The lowest BCUT2D eigenvalue weighted by Gasteiger charge is -2.08. The SMILES string of the molecule is COc1ccc(OC)c(-c2csc(NC(=O)c3ccc(=O)n(C)n3)n2)c1. The van der Waals surface area contributed by atoms with E-state index in [4.69, 9.17) is 9.47 Å². The summed E-state index contributed by atoms with van der Waals surface area (Å²) in [6.45, 7) is 0. The van der Waals surface area contributed by atoms with Crippen molar-refractivity contribution in [3.8, 4) is 22.8 Å². The molecule has 0 bridgehead atoms. The predicted octanol–water partition coefficient (Wildman–Crippen LogP) is 2.17. The Morgan fingerprint density at radius 1 is 1.19 bits per heavy atom. The molecule has 1 aromatic carbocycles. The minimum Gasteiger partial charge on any atom is -0.497 e. The lowest BCUT2D eigenvalue weighted by molar-refractivity contribution is 0.102. The van der Waals surface area contributed by atoms with Crippen molar-refractivity contribution in [2.75, 3.05) is 19.5 Å². The van der Waals surface area contributed by atoms with Crippen molar-refractivity contribution in [1.29, 1.82) is 0 Å². The van der Waals surface area contributed by atoms with Crippen LogP contribution < -0.4 is 20.3 Å². The second-order valence-corrected chi connectivity index (χ2v) is 6.10. The van der Waals surface area contributed by atoms with Gasteiger partial charge in [0.25, 0.3) is 11.5 Å². The molecular formula is C17H16N4O4S. The Balaban J connectivity index is 1.85. The number of aromatic nitrogens is 3. The predicted molar refractivity (Wildman–Crippen MR) is 98.1 cm³/mol. The zero-order valence-corrected chi connectivity index (χ0v) is 15.2. The Morgan fingerprint density at radius 2 is 2.00 bits per heavy atom. The Labute approximate surface area is 153 Å². The first-order valence-corrected chi connectivity index (χ1v) is 8.43. The van der Waals surface area contributed by atoms with Gasteiger partial charge < -0.3 is 9.47 Å². The first kappa shape index (κ1) is 17.6. The van der Waals surface area contributed by atoms with Gasteiger partial charge in [-0.2, -0.15) is 5.10 Å². The van der Waals surface area contributed by atoms with Crippen molar-refractivity contribution in [2.24, 2.45) is 7.05 Å². The fraction of sp³-hybridized carbons (Fsp3) is 0.176. The highest BCUT2D eigenvalue weighted by Crippen LogP contribution is 2.35. The van der Waals surface area contributed by atoms with Crippen LogP contribution in [0.2, 0.25) is 0 Å². The van der Waals surface area contributed by atoms with Crippen molar-refractivity contribution >= 4 is 22.4 Å². The summed E-state index contributed by atoms with van der Waals surface area (Å²) >= 11 is 1.27. The number of benzene rings is 1. The highest BCUT2D eigenvalue weighted by atomic mass is 32.1. The molecule has 2 heterocycles. The first-order valence-electron chi connectivity index (χ1n) is 7.55. The summed E-state index contributed by atoms with van der Waals surface area (Å²) in [5.41, 5.74) is 1.24. The van der Waals surface area contributed by atoms with E-state index in [1.165, 1.54) is 30.5 Å². The van der Waals surface area contributed by atoms with Crippen LogP contribution in [-0.4, -0.2) is 34.9 Å². The summed E-state index contributed by atoms with van der Waals surface area (Å²) in [4.78, 5) is 28.1. The quantitative estimate of drug-likeness (QED) is 0.737. The van der Waals surface area contributed by atoms with Gasteiger partial charge in [-0.05, 0) is 24.3 Å². The molecule has 8 nitrogen and oxygen atoms in total. The van der Waals surface area contributed by atoms with E-state index in [0.29, 0.717) is 22.3 Å². The molecule has 134 valence electrons. The standard InChI is InChI=1S/C17H16N4O4S/c1-21-15(22)7-5-12(20-21)16(23)19-17-18-13(9-26-17)11-8-10(24-2)4-6-14(11)25-3/h4-9H,1-3H3,(H,18,19,23). The summed E-state index contributed by atoms with van der Waals surface area (Å²) in [5.74, 6) is 0.876. The molecule has 3 rings (SSSR count). The molecule has 0 aliphatic rings. The molecule has 1 amide bonds. The maximum atomic E-state index is 12.3. The topological polar surface area (TPSA) is 95.3 Å². The van der Waals surface area contributed by atoms with E-state index < -0.39 is 5.91 Å². The second kappa shape index (κ2) is 7.36. The zero-order chi connectivity index (χ0) is 18.7. The summed E-state index contributed by atoms with van der Waals surface area (Å²) in [5, 5.41) is 8.81. The van der Waals surface area contributed by atoms with Gasteiger partial charge >= 0.3 is 0 Å². The number of hydrogen-bond acceptors (Lipinski definition) is 7. The fourth-order valence-electron chi connectivity index (χ4n) is 2.25. The summed E-state index contributed by atoms with van der Waals surface area (Å²) in [6.07, 6.45) is 0. The van der Waals surface area contributed by atoms with Crippen molar-refractivity contribution in [2.45, 2.75) is 0 Å². The van der Waals surface area contributed by atoms with Crippen LogP contribution in [0.5, 0.6) is 11.5 Å². The van der Waals surface area contributed by atoms with Crippen LogP contribution in [-0.2, 0) is 7.05 Å². The monoisotopic (exact) mass is 372 g/mol. The third-order valence-corrected chi connectivity index (χ3v) is 4.36. The van der Waals surface area contributed by atoms with E-state index in [1.807, 2.05) is 6.07 Å². The number of rotatable bonds is 5. The molecule has 2 aromatic heterocycles. The number of nitrogens with zero attached hydrogens (tertiary/aromatic N) is 3. The molecule has 26 heavy (non-hydrogen) atoms. The van der Waals surface area contributed by atoms with Gasteiger partial charge in [0.2, 0.25) is 0 Å². The van der Waals surface area contributed by atoms with Gasteiger partial charge in [0.1, 0.15) is 17.2 Å². The normalized spacial score (nSPS) is 10.4. The maximum absolute atomic E-state index is 12.3. The smallest absolute Gasteiger partial charge is 0.277 e. The molecule has 1 N–H and O–H groups in total. The number of nitrogens with one attached hydrogen (secondary N) is 1. The van der Waals surface area contributed by atoms with E-state index in [9.17, 15) is 9.59 Å². The van der Waals surface area contributed by atoms with Gasteiger partial charge in [-0.15, -0.1) is 11.3 Å². The lowest BCUT2D eigenvalue weighted by Crippen LogP contribution is -2.23. The van der Waals surface area contributed by atoms with Crippen LogP contribution in [0.25, 0.3) is 11.3 Å². The number of methoxy groups -OCH3 is 2. The van der Waals surface area contributed by atoms with Gasteiger partial charge in [0.15, 0.2) is 5.13 Å². The van der Waals surface area contributed by atoms with E-state index >= 15 is 0 Å². The molecule has 0 radical (unpaired) electrons. The molecule has 0 unspecified atom stereocenters. The third-order valence-electron chi connectivity index (χ3n) is 3.60. The highest BCUT2D eigenvalue weighted by molar-refractivity contribution is 7.14. The van der Waals surface area contributed by atoms with Crippen molar-refractivity contribution < 1.29 is 14.3 Å². The number of anilines is 1. The molecule has 3 aromatic rings. The van der Waals surface area contributed by atoms with Crippen molar-refractivity contribution in [1.82, 2.24) is 14.8 Å². The van der Waals surface area contributed by atoms with E-state index in [-0.39, 0.29) is 11.3 Å². The maximum Gasteiger partial charge on any atom is 0.277 e. The average molecular weight is 372 g/mol. The molecule has 0 spiro atoms. The molecular weight excluding hydrogens is 356 g/mol. The Bertz CT molecular complexity index is 1010. The third kappa shape index (κ3) is 3.57. The van der Waals surface area contributed by atoms with Gasteiger partial charge in [-0.3, -0.25) is 14.9 Å². The van der Waals surface area contributed by atoms with Crippen LogP contribution in [0, 0.1) is 0 Å². The largest absolute Gasteiger partial charge is 0.497 e. The number of amides is 1. The Hall–Kier alpha value is -3.20.